The number of hydrogen-bond donors (Lipinski definition) is 3. The van der Waals surface area contributed by atoms with Crippen LogP contribution >= 0.6 is 47.2 Å². The van der Waals surface area contributed by atoms with Crippen LogP contribution < -0.4 is 16.0 Å². The Morgan fingerprint density at radius 1 is 1.11 bits per heavy atom. The van der Waals surface area contributed by atoms with Gasteiger partial charge in [-0.25, -0.2) is 4.99 Å². The first-order chi connectivity index (χ1) is 12.5. The third-order valence-electron chi connectivity index (χ3n) is 3.64. The van der Waals surface area contributed by atoms with E-state index in [-0.39, 0.29) is 29.9 Å². The second kappa shape index (κ2) is 12.0. The van der Waals surface area contributed by atoms with Gasteiger partial charge in [0.05, 0.1) is 6.54 Å². The fourth-order valence-corrected chi connectivity index (χ4v) is 2.79. The summed E-state index contributed by atoms with van der Waals surface area (Å²) in [6.45, 7) is 3.71. The number of aliphatic imine (C=N–C) groups is 1. The van der Waals surface area contributed by atoms with Crippen molar-refractivity contribution in [1.29, 1.82) is 0 Å². The average Bonchev–Trinajstić information content (AvgIpc) is 2.64. The molecule has 0 bridgehead atoms. The average molecular weight is 521 g/mol. The maximum absolute atomic E-state index is 11.7. The summed E-state index contributed by atoms with van der Waals surface area (Å²) in [6.07, 6.45) is 0. The molecule has 5 nitrogen and oxygen atoms in total. The Morgan fingerprint density at radius 3 is 2.56 bits per heavy atom. The Labute approximate surface area is 186 Å². The Balaban J connectivity index is 0.00000364. The zero-order valence-electron chi connectivity index (χ0n) is 15.2. The van der Waals surface area contributed by atoms with Crippen molar-refractivity contribution >= 4 is 59.0 Å². The van der Waals surface area contributed by atoms with E-state index in [0.717, 1.165) is 17.7 Å². The van der Waals surface area contributed by atoms with Gasteiger partial charge in [0, 0.05) is 35.7 Å². The fourth-order valence-electron chi connectivity index (χ4n) is 2.31. The molecule has 0 atom stereocenters. The number of benzene rings is 2. The molecule has 2 aromatic carbocycles. The van der Waals surface area contributed by atoms with Crippen molar-refractivity contribution in [2.45, 2.75) is 20.0 Å². The number of nitrogens with zero attached hydrogens (tertiary/aromatic N) is 1. The van der Waals surface area contributed by atoms with Crippen LogP contribution in [0.3, 0.4) is 0 Å². The minimum absolute atomic E-state index is 0. The molecular formula is C19H23Cl2IN4O. The third-order valence-corrected chi connectivity index (χ3v) is 4.23. The van der Waals surface area contributed by atoms with Crippen molar-refractivity contribution in [3.05, 3.63) is 69.2 Å². The minimum Gasteiger partial charge on any atom is -0.357 e. The van der Waals surface area contributed by atoms with E-state index in [9.17, 15) is 4.79 Å². The topological polar surface area (TPSA) is 65.5 Å². The van der Waals surface area contributed by atoms with E-state index < -0.39 is 0 Å². The highest BCUT2D eigenvalue weighted by Crippen LogP contribution is 2.20. The number of guanidine groups is 1. The molecular weight excluding hydrogens is 498 g/mol. The van der Waals surface area contributed by atoms with E-state index in [4.69, 9.17) is 23.2 Å². The predicted octanol–water partition coefficient (Wildman–Crippen LogP) is 4.23. The van der Waals surface area contributed by atoms with Crippen LogP contribution in [0, 0.1) is 0 Å². The van der Waals surface area contributed by atoms with Crippen LogP contribution in [0.4, 0.5) is 0 Å². The summed E-state index contributed by atoms with van der Waals surface area (Å²) in [5.41, 5.74) is 2.50. The molecule has 1 amide bonds. The van der Waals surface area contributed by atoms with Crippen molar-refractivity contribution in [2.24, 2.45) is 4.99 Å². The monoisotopic (exact) mass is 520 g/mol. The van der Waals surface area contributed by atoms with E-state index in [1.54, 1.807) is 25.2 Å². The lowest BCUT2D eigenvalue weighted by Gasteiger charge is -2.12. The van der Waals surface area contributed by atoms with E-state index >= 15 is 0 Å². The molecule has 27 heavy (non-hydrogen) atoms. The summed E-state index contributed by atoms with van der Waals surface area (Å²) in [7, 11) is 1.61. The van der Waals surface area contributed by atoms with Crippen molar-refractivity contribution in [3.63, 3.8) is 0 Å². The Kier molecular flexibility index (Phi) is 10.5. The molecule has 0 aromatic heterocycles. The molecule has 0 radical (unpaired) electrons. The first-order valence-corrected chi connectivity index (χ1v) is 9.06. The first-order valence-electron chi connectivity index (χ1n) is 8.30. The van der Waals surface area contributed by atoms with Gasteiger partial charge in [-0.1, -0.05) is 41.4 Å². The maximum Gasteiger partial charge on any atom is 0.251 e. The molecule has 0 aliphatic heterocycles. The number of amides is 1. The van der Waals surface area contributed by atoms with Crippen LogP contribution in [0.25, 0.3) is 0 Å². The molecule has 0 aliphatic rings. The van der Waals surface area contributed by atoms with Crippen LogP contribution in [0.1, 0.15) is 28.4 Å². The normalized spacial score (nSPS) is 10.7. The zero-order chi connectivity index (χ0) is 18.9. The number of hydrogen-bond acceptors (Lipinski definition) is 2. The lowest BCUT2D eigenvalue weighted by Crippen LogP contribution is -2.36. The summed E-state index contributed by atoms with van der Waals surface area (Å²) in [5, 5.41) is 10.3. The van der Waals surface area contributed by atoms with Gasteiger partial charge in [-0.2, -0.15) is 0 Å². The second-order valence-electron chi connectivity index (χ2n) is 5.56. The highest BCUT2D eigenvalue weighted by Gasteiger charge is 2.05. The predicted molar refractivity (Wildman–Crippen MR) is 123 cm³/mol. The number of halogens is 3. The molecule has 8 heteroatoms. The van der Waals surface area contributed by atoms with E-state index in [0.29, 0.717) is 34.7 Å². The van der Waals surface area contributed by atoms with Crippen LogP contribution in [0.2, 0.25) is 10.0 Å². The highest BCUT2D eigenvalue weighted by molar-refractivity contribution is 14.0. The van der Waals surface area contributed by atoms with E-state index in [1.807, 2.05) is 31.2 Å². The molecule has 146 valence electrons. The molecule has 2 aromatic rings. The van der Waals surface area contributed by atoms with Gasteiger partial charge in [0.25, 0.3) is 5.91 Å². The highest BCUT2D eigenvalue weighted by atomic mass is 127. The summed E-state index contributed by atoms with van der Waals surface area (Å²) in [6, 6.07) is 12.8. The molecule has 0 saturated heterocycles. The number of rotatable bonds is 6. The van der Waals surface area contributed by atoms with Crippen LogP contribution in [-0.2, 0) is 13.1 Å². The first kappa shape index (κ1) is 23.5. The van der Waals surface area contributed by atoms with Gasteiger partial charge in [-0.3, -0.25) is 4.79 Å². The van der Waals surface area contributed by atoms with Crippen molar-refractivity contribution in [2.75, 3.05) is 13.6 Å². The molecule has 0 saturated carbocycles. The quantitative estimate of drug-likeness (QED) is 0.303. The number of nitrogens with one attached hydrogen (secondary N) is 3. The summed E-state index contributed by atoms with van der Waals surface area (Å²) >= 11 is 12.1. The summed E-state index contributed by atoms with van der Waals surface area (Å²) < 4.78 is 0. The van der Waals surface area contributed by atoms with Gasteiger partial charge in [-0.05, 0) is 42.3 Å². The lowest BCUT2D eigenvalue weighted by atomic mass is 10.1. The van der Waals surface area contributed by atoms with Crippen LogP contribution in [0.15, 0.2) is 47.5 Å². The zero-order valence-corrected chi connectivity index (χ0v) is 19.0. The van der Waals surface area contributed by atoms with Crippen LogP contribution in [-0.4, -0.2) is 25.5 Å². The number of carbonyl (C=O) groups excluding carboxylic acids is 1. The smallest absolute Gasteiger partial charge is 0.251 e. The molecule has 2 rings (SSSR count). The van der Waals surface area contributed by atoms with E-state index in [2.05, 4.69) is 20.9 Å². The Bertz CT molecular complexity index is 799. The maximum atomic E-state index is 11.7. The van der Waals surface area contributed by atoms with Crippen LogP contribution in [0.5, 0.6) is 0 Å². The summed E-state index contributed by atoms with van der Waals surface area (Å²) in [5.74, 6) is 0.558. The van der Waals surface area contributed by atoms with Gasteiger partial charge in [0.2, 0.25) is 0 Å². The molecule has 0 spiro atoms. The Morgan fingerprint density at radius 2 is 1.89 bits per heavy atom. The second-order valence-corrected chi connectivity index (χ2v) is 6.41. The third kappa shape index (κ3) is 7.56. The lowest BCUT2D eigenvalue weighted by molar-refractivity contribution is 0.0963. The molecule has 0 unspecified atom stereocenters. The minimum atomic E-state index is -0.113. The Hall–Kier alpha value is -1.51. The SMILES string of the molecule is CCNC(=NCc1cccc(C(=O)NC)c1)NCc1ccc(Cl)cc1Cl.I. The van der Waals surface area contributed by atoms with Crippen molar-refractivity contribution < 1.29 is 4.79 Å². The molecule has 0 heterocycles. The molecule has 0 fully saturated rings. The van der Waals surface area contributed by atoms with E-state index in [1.165, 1.54) is 0 Å². The largest absolute Gasteiger partial charge is 0.357 e. The molecule has 0 aliphatic carbocycles. The van der Waals surface area contributed by atoms with Gasteiger partial charge in [0.15, 0.2) is 5.96 Å². The van der Waals surface area contributed by atoms with Gasteiger partial charge in [-0.15, -0.1) is 24.0 Å². The van der Waals surface area contributed by atoms with Crippen molar-refractivity contribution in [1.82, 2.24) is 16.0 Å². The number of carbonyl (C=O) groups is 1. The van der Waals surface area contributed by atoms with Gasteiger partial charge >= 0.3 is 0 Å². The van der Waals surface area contributed by atoms with Gasteiger partial charge < -0.3 is 16.0 Å². The van der Waals surface area contributed by atoms with Gasteiger partial charge in [0.1, 0.15) is 0 Å². The fraction of sp³-hybridized carbons (Fsp3) is 0.263. The molecule has 3 N–H and O–H groups in total. The standard InChI is InChI=1S/C19H22Cl2N4O.HI/c1-3-23-19(25-12-15-7-8-16(20)10-17(15)21)24-11-13-5-4-6-14(9-13)18(26)22-2;/h4-10H,3,11-12H2,1-2H3,(H,22,26)(H2,23,24,25);1H. The summed E-state index contributed by atoms with van der Waals surface area (Å²) in [4.78, 5) is 16.3. The van der Waals surface area contributed by atoms with Crippen molar-refractivity contribution in [3.8, 4) is 0 Å².